The molecule has 0 aliphatic carbocycles. The first kappa shape index (κ1) is 20.6. The Hall–Kier alpha value is -3.11. The third-order valence-electron chi connectivity index (χ3n) is 3.79. The Kier molecular flexibility index (Phi) is 5.49. The Labute approximate surface area is 168 Å². The van der Waals surface area contributed by atoms with Gasteiger partial charge in [-0.1, -0.05) is 0 Å². The van der Waals surface area contributed by atoms with Crippen LogP contribution < -0.4 is 25.0 Å². The van der Waals surface area contributed by atoms with Gasteiger partial charge in [0.2, 0.25) is 16.8 Å². The van der Waals surface area contributed by atoms with Gasteiger partial charge >= 0.3 is 0 Å². The van der Waals surface area contributed by atoms with E-state index in [4.69, 9.17) is 9.47 Å². The summed E-state index contributed by atoms with van der Waals surface area (Å²) in [5.74, 6) is -0.136. The minimum absolute atomic E-state index is 0.0355. The fourth-order valence-electron chi connectivity index (χ4n) is 2.54. The number of sulfonamides is 1. The fourth-order valence-corrected chi connectivity index (χ4v) is 3.96. The van der Waals surface area contributed by atoms with Crippen molar-refractivity contribution in [3.63, 3.8) is 0 Å². The molecular weight excluding hydrogens is 398 g/mol. The highest BCUT2D eigenvalue weighted by Crippen LogP contribution is 2.32. The highest BCUT2D eigenvalue weighted by molar-refractivity contribution is 7.89. The van der Waals surface area contributed by atoms with E-state index >= 15 is 0 Å². The minimum atomic E-state index is -3.70. The number of amides is 2. The van der Waals surface area contributed by atoms with Crippen LogP contribution in [0.15, 0.2) is 47.4 Å². The lowest BCUT2D eigenvalue weighted by molar-refractivity contribution is 0.0846. The monoisotopic (exact) mass is 419 g/mol. The van der Waals surface area contributed by atoms with E-state index in [0.29, 0.717) is 11.5 Å². The third-order valence-corrected chi connectivity index (χ3v) is 5.57. The van der Waals surface area contributed by atoms with Gasteiger partial charge < -0.3 is 9.47 Å². The Balaban J connectivity index is 1.62. The Morgan fingerprint density at radius 2 is 1.41 bits per heavy atom. The molecule has 0 saturated carbocycles. The molecule has 9 nitrogen and oxygen atoms in total. The van der Waals surface area contributed by atoms with Gasteiger partial charge in [-0.2, -0.15) is 0 Å². The summed E-state index contributed by atoms with van der Waals surface area (Å²) in [7, 11) is -3.70. The van der Waals surface area contributed by atoms with Crippen LogP contribution in [0, 0.1) is 0 Å². The summed E-state index contributed by atoms with van der Waals surface area (Å²) in [4.78, 5) is 24.4. The highest BCUT2D eigenvalue weighted by atomic mass is 32.2. The van der Waals surface area contributed by atoms with E-state index in [0.717, 1.165) is 0 Å². The van der Waals surface area contributed by atoms with Crippen molar-refractivity contribution in [2.24, 2.45) is 0 Å². The number of ether oxygens (including phenoxy) is 2. The van der Waals surface area contributed by atoms with Crippen molar-refractivity contribution in [1.82, 2.24) is 15.6 Å². The molecule has 2 aromatic rings. The van der Waals surface area contributed by atoms with E-state index in [1.807, 2.05) is 0 Å². The molecule has 1 aliphatic heterocycles. The van der Waals surface area contributed by atoms with Crippen molar-refractivity contribution in [1.29, 1.82) is 0 Å². The number of hydrogen-bond donors (Lipinski definition) is 3. The van der Waals surface area contributed by atoms with Gasteiger partial charge in [0.25, 0.3) is 11.8 Å². The Morgan fingerprint density at radius 3 is 2.03 bits per heavy atom. The van der Waals surface area contributed by atoms with Crippen molar-refractivity contribution >= 4 is 21.8 Å². The lowest BCUT2D eigenvalue weighted by Crippen LogP contribution is -2.41. The van der Waals surface area contributed by atoms with Crippen molar-refractivity contribution < 1.29 is 27.5 Å². The first-order valence-electron chi connectivity index (χ1n) is 8.69. The van der Waals surface area contributed by atoms with Gasteiger partial charge in [0.15, 0.2) is 11.5 Å². The fraction of sp³-hybridized carbons (Fsp3) is 0.263. The largest absolute Gasteiger partial charge is 0.454 e. The molecule has 2 amide bonds. The number of fused-ring (bicyclic) bond motifs is 1. The molecule has 3 rings (SSSR count). The Morgan fingerprint density at radius 1 is 0.862 bits per heavy atom. The molecule has 1 heterocycles. The van der Waals surface area contributed by atoms with Gasteiger partial charge in [-0.25, -0.2) is 13.1 Å². The van der Waals surface area contributed by atoms with Crippen LogP contribution in [0.5, 0.6) is 11.5 Å². The van der Waals surface area contributed by atoms with E-state index < -0.39 is 27.4 Å². The molecule has 0 spiro atoms. The number of carbonyl (C=O) groups is 2. The molecule has 0 fully saturated rings. The zero-order valence-electron chi connectivity index (χ0n) is 16.1. The molecule has 0 bridgehead atoms. The first-order valence-corrected chi connectivity index (χ1v) is 10.2. The number of nitrogens with one attached hydrogen (secondary N) is 3. The molecule has 0 unspecified atom stereocenters. The molecule has 3 N–H and O–H groups in total. The van der Waals surface area contributed by atoms with Crippen LogP contribution in [0.3, 0.4) is 0 Å². The second kappa shape index (κ2) is 7.72. The summed E-state index contributed by atoms with van der Waals surface area (Å²) in [5.41, 5.74) is 4.42. The van der Waals surface area contributed by atoms with Crippen LogP contribution in [0.4, 0.5) is 0 Å². The summed E-state index contributed by atoms with van der Waals surface area (Å²) in [6.45, 7) is 5.29. The van der Waals surface area contributed by atoms with E-state index in [2.05, 4.69) is 15.6 Å². The molecule has 1 aliphatic rings. The maximum atomic E-state index is 12.3. The van der Waals surface area contributed by atoms with Crippen molar-refractivity contribution in [2.75, 3.05) is 6.79 Å². The van der Waals surface area contributed by atoms with Crippen LogP contribution in [-0.4, -0.2) is 32.6 Å². The molecule has 0 atom stereocenters. The lowest BCUT2D eigenvalue weighted by atomic mass is 10.1. The molecule has 154 valence electrons. The van der Waals surface area contributed by atoms with E-state index in [9.17, 15) is 18.0 Å². The van der Waals surface area contributed by atoms with Gasteiger partial charge in [-0.15, -0.1) is 0 Å². The zero-order valence-corrected chi connectivity index (χ0v) is 16.9. The topological polar surface area (TPSA) is 123 Å². The van der Waals surface area contributed by atoms with E-state index in [-0.39, 0.29) is 22.8 Å². The predicted octanol–water partition coefficient (Wildman–Crippen LogP) is 1.57. The van der Waals surface area contributed by atoms with Gasteiger partial charge in [0, 0.05) is 16.7 Å². The molecular formula is C19H21N3O6S. The summed E-state index contributed by atoms with van der Waals surface area (Å²) in [5, 5.41) is 0. The SMILES string of the molecule is CC(C)(C)NS(=O)(=O)c1ccc(C(=O)NNC(=O)c2ccc3c(c2)OCO3)cc1. The number of carbonyl (C=O) groups excluding carboxylic acids is 2. The van der Waals surface area contributed by atoms with Gasteiger partial charge in [-0.05, 0) is 63.2 Å². The van der Waals surface area contributed by atoms with Gasteiger partial charge in [-0.3, -0.25) is 20.4 Å². The third kappa shape index (κ3) is 5.04. The standard InChI is InChI=1S/C19H21N3O6S/c1-19(2,3)22-29(25,26)14-7-4-12(5-8-14)17(23)20-21-18(24)13-6-9-15-16(10-13)28-11-27-15/h4-10,22H,11H2,1-3H3,(H,20,23)(H,21,24). The van der Waals surface area contributed by atoms with Crippen LogP contribution in [0.2, 0.25) is 0 Å². The molecule has 0 radical (unpaired) electrons. The van der Waals surface area contributed by atoms with E-state index in [1.54, 1.807) is 26.8 Å². The number of rotatable bonds is 4. The first-order chi connectivity index (χ1) is 13.5. The van der Waals surface area contributed by atoms with Crippen molar-refractivity contribution in [2.45, 2.75) is 31.2 Å². The second-order valence-corrected chi connectivity index (χ2v) is 9.04. The highest BCUT2D eigenvalue weighted by Gasteiger charge is 2.22. The van der Waals surface area contributed by atoms with Crippen LogP contribution in [0.1, 0.15) is 41.5 Å². The number of benzene rings is 2. The average Bonchev–Trinajstić information content (AvgIpc) is 3.11. The Bertz CT molecular complexity index is 1040. The number of hydrogen-bond acceptors (Lipinski definition) is 6. The summed E-state index contributed by atoms with van der Waals surface area (Å²) < 4.78 is 37.5. The van der Waals surface area contributed by atoms with Gasteiger partial charge in [0.1, 0.15) is 0 Å². The lowest BCUT2D eigenvalue weighted by Gasteiger charge is -2.20. The zero-order chi connectivity index (χ0) is 21.2. The van der Waals surface area contributed by atoms with Crippen LogP contribution in [-0.2, 0) is 10.0 Å². The minimum Gasteiger partial charge on any atom is -0.454 e. The molecule has 0 aromatic heterocycles. The average molecular weight is 419 g/mol. The van der Waals surface area contributed by atoms with Gasteiger partial charge in [0.05, 0.1) is 4.90 Å². The number of hydrazine groups is 1. The molecule has 2 aromatic carbocycles. The molecule has 0 saturated heterocycles. The van der Waals surface area contributed by atoms with Crippen LogP contribution >= 0.6 is 0 Å². The molecule has 29 heavy (non-hydrogen) atoms. The van der Waals surface area contributed by atoms with Crippen LogP contribution in [0.25, 0.3) is 0 Å². The van der Waals surface area contributed by atoms with E-state index in [1.165, 1.54) is 36.4 Å². The van der Waals surface area contributed by atoms with Crippen molar-refractivity contribution in [3.8, 4) is 11.5 Å². The second-order valence-electron chi connectivity index (χ2n) is 7.36. The maximum Gasteiger partial charge on any atom is 0.269 e. The van der Waals surface area contributed by atoms with Crippen molar-refractivity contribution in [3.05, 3.63) is 53.6 Å². The predicted molar refractivity (Wildman–Crippen MR) is 104 cm³/mol. The smallest absolute Gasteiger partial charge is 0.269 e. The normalized spacial score (nSPS) is 13.1. The molecule has 10 heteroatoms. The quantitative estimate of drug-likeness (QED) is 0.647. The maximum absolute atomic E-state index is 12.3. The summed E-state index contributed by atoms with van der Waals surface area (Å²) in [6.07, 6.45) is 0. The summed E-state index contributed by atoms with van der Waals surface area (Å²) >= 11 is 0. The summed E-state index contributed by atoms with van der Waals surface area (Å²) in [6, 6.07) is 10.0.